The maximum absolute atomic E-state index is 4.31. The Morgan fingerprint density at radius 2 is 2.38 bits per heavy atom. The molecule has 0 bridgehead atoms. The van der Waals surface area contributed by atoms with Crippen molar-refractivity contribution >= 4 is 0 Å². The molecule has 1 aromatic heterocycles. The molecule has 70 valence electrons. The molecule has 0 atom stereocenters. The maximum atomic E-state index is 4.31. The normalized spacial score (nSPS) is 9.46. The Morgan fingerprint density at radius 1 is 1.62 bits per heavy atom. The van der Waals surface area contributed by atoms with Crippen LogP contribution in [0.15, 0.2) is 6.07 Å². The van der Waals surface area contributed by atoms with Crippen molar-refractivity contribution in [3.63, 3.8) is 0 Å². The zero-order chi connectivity index (χ0) is 9.68. The predicted molar refractivity (Wildman–Crippen MR) is 53.1 cm³/mol. The van der Waals surface area contributed by atoms with Crippen LogP contribution in [0.2, 0.25) is 0 Å². The van der Waals surface area contributed by atoms with Crippen LogP contribution in [0.1, 0.15) is 18.3 Å². The molecule has 0 spiro atoms. The molecular weight excluding hydrogens is 162 g/mol. The number of rotatable bonds is 3. The first kappa shape index (κ1) is 9.82. The van der Waals surface area contributed by atoms with E-state index in [1.54, 1.807) is 0 Å². The van der Waals surface area contributed by atoms with Crippen LogP contribution in [0.25, 0.3) is 0 Å². The van der Waals surface area contributed by atoms with E-state index in [1.165, 1.54) is 5.69 Å². The quantitative estimate of drug-likeness (QED) is 0.547. The van der Waals surface area contributed by atoms with E-state index in [0.717, 1.165) is 18.8 Å². The molecule has 3 heteroatoms. The van der Waals surface area contributed by atoms with Gasteiger partial charge in [-0.05, 0) is 19.9 Å². The molecule has 0 saturated carbocycles. The number of aromatic nitrogens is 2. The third-order valence-corrected chi connectivity index (χ3v) is 1.86. The van der Waals surface area contributed by atoms with Crippen molar-refractivity contribution in [1.82, 2.24) is 15.1 Å². The lowest BCUT2D eigenvalue weighted by Gasteiger charge is -1.94. The van der Waals surface area contributed by atoms with Gasteiger partial charge in [0.2, 0.25) is 0 Å². The average molecular weight is 177 g/mol. The number of hydrogen-bond acceptors (Lipinski definition) is 2. The smallest absolute Gasteiger partial charge is 0.0765 e. The molecule has 0 fully saturated rings. The van der Waals surface area contributed by atoms with Crippen LogP contribution < -0.4 is 5.32 Å². The molecule has 1 rings (SSSR count). The van der Waals surface area contributed by atoms with Crippen LogP contribution in [0.5, 0.6) is 0 Å². The third-order valence-electron chi connectivity index (χ3n) is 1.86. The van der Waals surface area contributed by atoms with Gasteiger partial charge in [-0.25, -0.2) is 0 Å². The fourth-order valence-electron chi connectivity index (χ4n) is 1.06. The molecule has 1 aromatic rings. The van der Waals surface area contributed by atoms with Gasteiger partial charge in [0.15, 0.2) is 0 Å². The second kappa shape index (κ2) is 4.68. The van der Waals surface area contributed by atoms with Crippen LogP contribution in [-0.2, 0) is 13.6 Å². The van der Waals surface area contributed by atoms with E-state index in [-0.39, 0.29) is 0 Å². The van der Waals surface area contributed by atoms with Gasteiger partial charge in [0.05, 0.1) is 12.2 Å². The Labute approximate surface area is 79.1 Å². The molecule has 0 aromatic carbocycles. The molecule has 0 unspecified atom stereocenters. The van der Waals surface area contributed by atoms with Gasteiger partial charge >= 0.3 is 0 Å². The lowest BCUT2D eigenvalue weighted by Crippen LogP contribution is -2.13. The predicted octanol–water partition coefficient (Wildman–Crippen LogP) is 0.841. The first-order valence-electron chi connectivity index (χ1n) is 4.34. The topological polar surface area (TPSA) is 29.9 Å². The van der Waals surface area contributed by atoms with Crippen molar-refractivity contribution < 1.29 is 0 Å². The van der Waals surface area contributed by atoms with Crippen LogP contribution in [-0.4, -0.2) is 16.3 Å². The van der Waals surface area contributed by atoms with E-state index < -0.39 is 0 Å². The average Bonchev–Trinajstić information content (AvgIpc) is 2.41. The summed E-state index contributed by atoms with van der Waals surface area (Å²) in [6.07, 6.45) is 0. The Morgan fingerprint density at radius 3 is 2.92 bits per heavy atom. The SMILES string of the molecule is CC#CCNCc1cc(C)n(C)n1. The van der Waals surface area contributed by atoms with E-state index in [0.29, 0.717) is 0 Å². The summed E-state index contributed by atoms with van der Waals surface area (Å²) in [5, 5.41) is 7.51. The molecule has 0 saturated heterocycles. The molecule has 0 radical (unpaired) electrons. The largest absolute Gasteiger partial charge is 0.300 e. The Kier molecular flexibility index (Phi) is 3.53. The molecule has 1 N–H and O–H groups in total. The molecule has 0 aliphatic heterocycles. The monoisotopic (exact) mass is 177 g/mol. The standard InChI is InChI=1S/C10H15N3/c1-4-5-6-11-8-10-7-9(2)13(3)12-10/h7,11H,6,8H2,1-3H3. The lowest BCUT2D eigenvalue weighted by atomic mass is 10.3. The Balaban J connectivity index is 2.40. The summed E-state index contributed by atoms with van der Waals surface area (Å²) in [6.45, 7) is 5.40. The van der Waals surface area contributed by atoms with E-state index in [2.05, 4.69) is 28.3 Å². The van der Waals surface area contributed by atoms with Crippen molar-refractivity contribution in [2.45, 2.75) is 20.4 Å². The molecular formula is C10H15N3. The maximum Gasteiger partial charge on any atom is 0.0765 e. The second-order valence-corrected chi connectivity index (χ2v) is 2.93. The highest BCUT2D eigenvalue weighted by Crippen LogP contribution is 1.99. The first-order valence-corrected chi connectivity index (χ1v) is 4.34. The van der Waals surface area contributed by atoms with Crippen LogP contribution in [0.4, 0.5) is 0 Å². The highest BCUT2D eigenvalue weighted by molar-refractivity contribution is 5.08. The summed E-state index contributed by atoms with van der Waals surface area (Å²) < 4.78 is 1.88. The molecule has 0 aliphatic carbocycles. The van der Waals surface area contributed by atoms with E-state index in [4.69, 9.17) is 0 Å². The molecule has 13 heavy (non-hydrogen) atoms. The summed E-state index contributed by atoms with van der Waals surface area (Å²) in [7, 11) is 1.95. The summed E-state index contributed by atoms with van der Waals surface area (Å²) in [4.78, 5) is 0. The molecule has 0 aliphatic rings. The van der Waals surface area contributed by atoms with Crippen molar-refractivity contribution in [2.24, 2.45) is 7.05 Å². The van der Waals surface area contributed by atoms with Gasteiger partial charge in [-0.1, -0.05) is 5.92 Å². The van der Waals surface area contributed by atoms with E-state index in [1.807, 2.05) is 25.6 Å². The highest BCUT2D eigenvalue weighted by atomic mass is 15.3. The third kappa shape index (κ3) is 2.92. The minimum absolute atomic E-state index is 0.728. The van der Waals surface area contributed by atoms with Gasteiger partial charge in [0, 0.05) is 19.3 Å². The number of nitrogens with zero attached hydrogens (tertiary/aromatic N) is 2. The second-order valence-electron chi connectivity index (χ2n) is 2.93. The van der Waals surface area contributed by atoms with Crippen LogP contribution >= 0.6 is 0 Å². The van der Waals surface area contributed by atoms with Crippen LogP contribution in [0, 0.1) is 18.8 Å². The number of aryl methyl sites for hydroxylation is 2. The van der Waals surface area contributed by atoms with Crippen LogP contribution in [0.3, 0.4) is 0 Å². The fraction of sp³-hybridized carbons (Fsp3) is 0.500. The summed E-state index contributed by atoms with van der Waals surface area (Å²) in [6, 6.07) is 2.08. The summed E-state index contributed by atoms with van der Waals surface area (Å²) >= 11 is 0. The molecule has 1 heterocycles. The first-order chi connectivity index (χ1) is 6.24. The fourth-order valence-corrected chi connectivity index (χ4v) is 1.06. The molecule has 0 amide bonds. The van der Waals surface area contributed by atoms with E-state index >= 15 is 0 Å². The summed E-state index contributed by atoms with van der Waals surface area (Å²) in [5.74, 6) is 5.78. The Bertz CT molecular complexity index is 308. The van der Waals surface area contributed by atoms with Crippen molar-refractivity contribution in [2.75, 3.05) is 6.54 Å². The molecule has 3 nitrogen and oxygen atoms in total. The zero-order valence-electron chi connectivity index (χ0n) is 8.39. The van der Waals surface area contributed by atoms with Gasteiger partial charge in [-0.15, -0.1) is 5.92 Å². The number of hydrogen-bond donors (Lipinski definition) is 1. The van der Waals surface area contributed by atoms with Gasteiger partial charge < -0.3 is 5.32 Å². The minimum Gasteiger partial charge on any atom is -0.300 e. The van der Waals surface area contributed by atoms with Crippen molar-refractivity contribution in [3.05, 3.63) is 17.5 Å². The number of nitrogens with one attached hydrogen (secondary N) is 1. The van der Waals surface area contributed by atoms with Gasteiger partial charge in [-0.3, -0.25) is 4.68 Å². The zero-order valence-corrected chi connectivity index (χ0v) is 8.39. The highest BCUT2D eigenvalue weighted by Gasteiger charge is 1.98. The van der Waals surface area contributed by atoms with Gasteiger partial charge in [0.25, 0.3) is 0 Å². The van der Waals surface area contributed by atoms with Crippen molar-refractivity contribution in [3.8, 4) is 11.8 Å². The van der Waals surface area contributed by atoms with Crippen molar-refractivity contribution in [1.29, 1.82) is 0 Å². The van der Waals surface area contributed by atoms with Gasteiger partial charge in [0.1, 0.15) is 0 Å². The summed E-state index contributed by atoms with van der Waals surface area (Å²) in [5.41, 5.74) is 2.25. The lowest BCUT2D eigenvalue weighted by molar-refractivity contribution is 0.687. The van der Waals surface area contributed by atoms with E-state index in [9.17, 15) is 0 Å². The Hall–Kier alpha value is -1.27. The van der Waals surface area contributed by atoms with Gasteiger partial charge in [-0.2, -0.15) is 5.10 Å². The minimum atomic E-state index is 0.728.